The van der Waals surface area contributed by atoms with Gasteiger partial charge in [0.25, 0.3) is 0 Å². The number of carbonyl (C=O) groups excluding carboxylic acids is 1. The molecule has 0 spiro atoms. The molecule has 0 aliphatic heterocycles. The van der Waals surface area contributed by atoms with Crippen LogP contribution in [-0.4, -0.2) is 34.9 Å². The zero-order valence-electron chi connectivity index (χ0n) is 19.3. The summed E-state index contributed by atoms with van der Waals surface area (Å²) in [5.74, 6) is 3.31. The molecule has 4 fully saturated rings. The van der Waals surface area contributed by atoms with Gasteiger partial charge in [0.15, 0.2) is 0 Å². The smallest absolute Gasteiger partial charge is 0.243 e. The van der Waals surface area contributed by atoms with Crippen molar-refractivity contribution < 1.29 is 15.0 Å². The van der Waals surface area contributed by atoms with Gasteiger partial charge in [-0.2, -0.15) is 0 Å². The highest BCUT2D eigenvalue weighted by Crippen LogP contribution is 2.68. The highest BCUT2D eigenvalue weighted by atomic mass is 16.3. The summed E-state index contributed by atoms with van der Waals surface area (Å²) in [6.45, 7) is 11.6. The van der Waals surface area contributed by atoms with E-state index in [0.29, 0.717) is 46.3 Å². The van der Waals surface area contributed by atoms with E-state index in [1.165, 1.54) is 31.8 Å². The maximum atomic E-state index is 11.5. The average Bonchev–Trinajstić information content (AvgIpc) is 3.06. The second-order valence-corrected chi connectivity index (χ2v) is 11.7. The summed E-state index contributed by atoms with van der Waals surface area (Å²) in [5.41, 5.74) is 0.602. The van der Waals surface area contributed by atoms with Gasteiger partial charge in [0.05, 0.1) is 12.2 Å². The number of fused-ring (bicyclic) bond motifs is 5. The van der Waals surface area contributed by atoms with E-state index in [4.69, 9.17) is 0 Å². The van der Waals surface area contributed by atoms with Gasteiger partial charge >= 0.3 is 0 Å². The largest absolute Gasteiger partial charge is 0.393 e. The van der Waals surface area contributed by atoms with Crippen molar-refractivity contribution in [2.75, 3.05) is 6.54 Å². The molecule has 4 aliphatic rings. The number of amides is 1. The first-order chi connectivity index (χ1) is 14.2. The molecule has 10 atom stereocenters. The number of rotatable bonds is 5. The molecule has 3 N–H and O–H groups in total. The quantitative estimate of drug-likeness (QED) is 0.584. The lowest BCUT2D eigenvalue weighted by molar-refractivity contribution is -0.174. The highest BCUT2D eigenvalue weighted by molar-refractivity contribution is 5.86. The van der Waals surface area contributed by atoms with Crippen molar-refractivity contribution in [1.82, 2.24) is 5.32 Å². The van der Waals surface area contributed by atoms with Gasteiger partial charge in [0.1, 0.15) is 0 Å². The number of nitrogens with one attached hydrogen (secondary N) is 1. The number of hydrogen-bond acceptors (Lipinski definition) is 3. The van der Waals surface area contributed by atoms with Crippen LogP contribution in [0.25, 0.3) is 0 Å². The van der Waals surface area contributed by atoms with E-state index in [1.807, 2.05) is 0 Å². The van der Waals surface area contributed by atoms with Gasteiger partial charge < -0.3 is 15.5 Å². The molecular weight excluding hydrogens is 374 g/mol. The molecule has 0 bridgehead atoms. The lowest BCUT2D eigenvalue weighted by Crippen LogP contribution is -2.58. The van der Waals surface area contributed by atoms with Crippen LogP contribution in [0.5, 0.6) is 0 Å². The first-order valence-electron chi connectivity index (χ1n) is 12.5. The van der Waals surface area contributed by atoms with Crippen LogP contribution in [0.2, 0.25) is 0 Å². The van der Waals surface area contributed by atoms with Crippen molar-refractivity contribution in [1.29, 1.82) is 0 Å². The third kappa shape index (κ3) is 3.56. The minimum atomic E-state index is -0.205. The normalized spacial score (nSPS) is 48.8. The van der Waals surface area contributed by atoms with Gasteiger partial charge in [0, 0.05) is 6.54 Å². The minimum Gasteiger partial charge on any atom is -0.393 e. The van der Waals surface area contributed by atoms with Crippen LogP contribution < -0.4 is 5.32 Å². The van der Waals surface area contributed by atoms with Gasteiger partial charge in [-0.15, -0.1) is 0 Å². The molecular formula is C26H43NO3. The first-order valence-corrected chi connectivity index (χ1v) is 12.5. The van der Waals surface area contributed by atoms with Crippen LogP contribution in [0.4, 0.5) is 0 Å². The van der Waals surface area contributed by atoms with Gasteiger partial charge in [-0.25, -0.2) is 0 Å². The lowest BCUT2D eigenvalue weighted by Gasteiger charge is -2.62. The van der Waals surface area contributed by atoms with E-state index in [0.717, 1.165) is 38.6 Å². The van der Waals surface area contributed by atoms with Crippen molar-refractivity contribution in [2.24, 2.45) is 46.3 Å². The molecule has 4 nitrogen and oxygen atoms in total. The predicted molar refractivity (Wildman–Crippen MR) is 120 cm³/mol. The van der Waals surface area contributed by atoms with Crippen LogP contribution in [-0.2, 0) is 4.79 Å². The van der Waals surface area contributed by atoms with Crippen molar-refractivity contribution in [3.05, 3.63) is 12.7 Å². The van der Waals surface area contributed by atoms with Crippen LogP contribution in [0.15, 0.2) is 12.7 Å². The van der Waals surface area contributed by atoms with Gasteiger partial charge in [-0.05, 0) is 110 Å². The van der Waals surface area contributed by atoms with Crippen molar-refractivity contribution in [2.45, 2.75) is 90.8 Å². The van der Waals surface area contributed by atoms with Crippen LogP contribution in [0, 0.1) is 46.3 Å². The Kier molecular flexibility index (Phi) is 6.13. The number of carbonyl (C=O) groups is 1. The minimum absolute atomic E-state index is 0.0797. The Morgan fingerprint density at radius 3 is 2.53 bits per heavy atom. The number of aliphatic hydroxyl groups is 2. The predicted octanol–water partition coefficient (Wildman–Crippen LogP) is 4.31. The fourth-order valence-corrected chi connectivity index (χ4v) is 8.87. The Balaban J connectivity index is 1.49. The average molecular weight is 418 g/mol. The fraction of sp³-hybridized carbons (Fsp3) is 0.885. The maximum absolute atomic E-state index is 11.5. The van der Waals surface area contributed by atoms with E-state index in [2.05, 4.69) is 32.7 Å². The van der Waals surface area contributed by atoms with E-state index in [9.17, 15) is 15.0 Å². The Bertz CT molecular complexity index is 665. The third-order valence-corrected chi connectivity index (χ3v) is 10.5. The maximum Gasteiger partial charge on any atom is 0.243 e. The molecule has 0 unspecified atom stereocenters. The topological polar surface area (TPSA) is 69.6 Å². The Labute approximate surface area is 182 Å². The molecule has 0 saturated heterocycles. The van der Waals surface area contributed by atoms with Crippen molar-refractivity contribution in [3.63, 3.8) is 0 Å². The van der Waals surface area contributed by atoms with Crippen molar-refractivity contribution >= 4 is 5.91 Å². The summed E-state index contributed by atoms with van der Waals surface area (Å²) >= 11 is 0. The van der Waals surface area contributed by atoms with E-state index in [-0.39, 0.29) is 18.1 Å². The summed E-state index contributed by atoms with van der Waals surface area (Å²) in [7, 11) is 0. The molecule has 0 aromatic heterocycles. The molecule has 0 heterocycles. The van der Waals surface area contributed by atoms with E-state index < -0.39 is 0 Å². The summed E-state index contributed by atoms with van der Waals surface area (Å²) in [6.07, 6.45) is 10.8. The monoisotopic (exact) mass is 417 g/mol. The molecule has 4 saturated carbocycles. The Hall–Kier alpha value is -0.870. The van der Waals surface area contributed by atoms with Gasteiger partial charge in [0.2, 0.25) is 5.91 Å². The van der Waals surface area contributed by atoms with E-state index in [1.54, 1.807) is 0 Å². The second-order valence-electron chi connectivity index (χ2n) is 11.7. The number of hydrogen-bond donors (Lipinski definition) is 3. The van der Waals surface area contributed by atoms with Crippen molar-refractivity contribution in [3.8, 4) is 0 Å². The zero-order chi connectivity index (χ0) is 21.7. The zero-order valence-corrected chi connectivity index (χ0v) is 19.3. The second kappa shape index (κ2) is 8.24. The van der Waals surface area contributed by atoms with E-state index >= 15 is 0 Å². The van der Waals surface area contributed by atoms with Gasteiger partial charge in [-0.1, -0.05) is 27.4 Å². The molecule has 4 heteroatoms. The van der Waals surface area contributed by atoms with Crippen LogP contribution >= 0.6 is 0 Å². The van der Waals surface area contributed by atoms with Crippen LogP contribution in [0.1, 0.15) is 78.6 Å². The lowest BCUT2D eigenvalue weighted by atomic mass is 9.43. The highest BCUT2D eigenvalue weighted by Gasteiger charge is 2.62. The summed E-state index contributed by atoms with van der Waals surface area (Å²) < 4.78 is 0. The molecule has 0 aromatic carbocycles. The fourth-order valence-electron chi connectivity index (χ4n) is 8.87. The third-order valence-electron chi connectivity index (χ3n) is 10.5. The summed E-state index contributed by atoms with van der Waals surface area (Å²) in [4.78, 5) is 11.5. The van der Waals surface area contributed by atoms with Crippen LogP contribution in [0.3, 0.4) is 0 Å². The Morgan fingerprint density at radius 1 is 1.10 bits per heavy atom. The number of aliphatic hydroxyl groups excluding tert-OH is 2. The van der Waals surface area contributed by atoms with Gasteiger partial charge in [-0.3, -0.25) is 4.79 Å². The SMILES string of the molecule is C=CC(=O)NCC[C@@H](C)[C@H]1CC[C@H]2[C@@H]3[C@H](O)C[C@@H]4C[C@H](O)CC[C@]4(C)[C@H]3CC[C@]12C. The molecule has 4 aliphatic carbocycles. The summed E-state index contributed by atoms with van der Waals surface area (Å²) in [5, 5.41) is 24.5. The molecule has 0 aromatic rings. The summed E-state index contributed by atoms with van der Waals surface area (Å²) in [6, 6.07) is 0. The standard InChI is InChI=1S/C26H43NO3/c1-5-23(30)27-13-10-16(2)19-6-7-20-24-21(9-12-26(19,20)4)25(3)11-8-18(28)14-17(25)15-22(24)29/h5,16-22,24,28-29H,1,6-15H2,2-4H3,(H,27,30)/t16-,17+,18-,19-,20+,21+,22-,24+,25+,26-/m1/s1. The Morgan fingerprint density at radius 2 is 1.80 bits per heavy atom. The molecule has 30 heavy (non-hydrogen) atoms. The molecule has 170 valence electrons. The molecule has 0 radical (unpaired) electrons. The first kappa shape index (κ1) is 22.3. The molecule has 1 amide bonds. The molecule has 4 rings (SSSR count).